The van der Waals surface area contributed by atoms with Gasteiger partial charge in [-0.05, 0) is 106 Å². The monoisotopic (exact) mass is 653 g/mol. The first-order chi connectivity index (χ1) is 25.3. The molecule has 8 aromatic carbocycles. The van der Waals surface area contributed by atoms with Crippen molar-refractivity contribution in [3.63, 3.8) is 0 Å². The van der Waals surface area contributed by atoms with E-state index in [2.05, 4.69) is 180 Å². The predicted octanol–water partition coefficient (Wildman–Crippen LogP) is 13.3. The van der Waals surface area contributed by atoms with Crippen molar-refractivity contribution in [1.29, 1.82) is 0 Å². The van der Waals surface area contributed by atoms with Crippen LogP contribution in [-0.4, -0.2) is 4.57 Å². The molecule has 0 saturated carbocycles. The highest BCUT2D eigenvalue weighted by Crippen LogP contribution is 2.38. The largest absolute Gasteiger partial charge is 0.456 e. The summed E-state index contributed by atoms with van der Waals surface area (Å²) >= 11 is 0. The Morgan fingerprint density at radius 2 is 1.12 bits per heavy atom. The smallest absolute Gasteiger partial charge is 0.135 e. The summed E-state index contributed by atoms with van der Waals surface area (Å²) in [6.07, 6.45) is 1.95. The fourth-order valence-electron chi connectivity index (χ4n) is 8.10. The van der Waals surface area contributed by atoms with E-state index in [1.807, 2.05) is 6.07 Å². The first-order valence-corrected chi connectivity index (χ1v) is 17.8. The number of hydrogen-bond donors (Lipinski definition) is 0. The quantitative estimate of drug-likeness (QED) is 0.167. The van der Waals surface area contributed by atoms with E-state index in [0.29, 0.717) is 0 Å². The normalized spacial score (nSPS) is 12.4. The van der Waals surface area contributed by atoms with Crippen LogP contribution in [0.2, 0.25) is 0 Å². The number of aromatic nitrogens is 1. The van der Waals surface area contributed by atoms with Crippen LogP contribution in [0.15, 0.2) is 186 Å². The molecule has 2 heterocycles. The number of aryl methyl sites for hydroxylation is 1. The molecule has 2 nitrogen and oxygen atoms in total. The van der Waals surface area contributed by atoms with Crippen molar-refractivity contribution in [2.24, 2.45) is 0 Å². The Hall–Kier alpha value is -6.38. The third-order valence-corrected chi connectivity index (χ3v) is 10.7. The third kappa shape index (κ3) is 5.19. The molecule has 0 N–H and O–H groups in total. The molecule has 0 spiro atoms. The summed E-state index contributed by atoms with van der Waals surface area (Å²) in [5.74, 6) is 0.218. The molecule has 0 aliphatic carbocycles. The van der Waals surface area contributed by atoms with Crippen LogP contribution in [0.1, 0.15) is 29.0 Å². The molecular weight excluding hydrogens is 619 g/mol. The van der Waals surface area contributed by atoms with E-state index < -0.39 is 0 Å². The van der Waals surface area contributed by atoms with Crippen molar-refractivity contribution < 1.29 is 4.42 Å². The van der Waals surface area contributed by atoms with Crippen molar-refractivity contribution in [1.82, 2.24) is 4.57 Å². The summed E-state index contributed by atoms with van der Waals surface area (Å²) < 4.78 is 8.61. The molecule has 2 aromatic heterocycles. The zero-order valence-corrected chi connectivity index (χ0v) is 28.2. The van der Waals surface area contributed by atoms with Gasteiger partial charge in [-0.3, -0.25) is 0 Å². The summed E-state index contributed by atoms with van der Waals surface area (Å²) in [7, 11) is 0. The summed E-state index contributed by atoms with van der Waals surface area (Å²) in [5.41, 5.74) is 12.0. The van der Waals surface area contributed by atoms with Gasteiger partial charge in [0.25, 0.3) is 0 Å². The molecule has 242 valence electrons. The summed E-state index contributed by atoms with van der Waals surface area (Å²) in [6.45, 7) is 0. The number of hydrogen-bond acceptors (Lipinski definition) is 1. The van der Waals surface area contributed by atoms with E-state index in [4.69, 9.17) is 4.42 Å². The molecule has 0 amide bonds. The Morgan fingerprint density at radius 1 is 0.431 bits per heavy atom. The van der Waals surface area contributed by atoms with Gasteiger partial charge in [-0.2, -0.15) is 0 Å². The minimum absolute atomic E-state index is 0.218. The molecule has 1 unspecified atom stereocenters. The highest BCUT2D eigenvalue weighted by atomic mass is 16.3. The number of benzene rings is 8. The Labute approximate surface area is 296 Å². The van der Waals surface area contributed by atoms with Gasteiger partial charge in [0.2, 0.25) is 0 Å². The highest BCUT2D eigenvalue weighted by molar-refractivity contribution is 6.09. The Balaban J connectivity index is 1.04. The molecule has 0 bridgehead atoms. The van der Waals surface area contributed by atoms with Crippen molar-refractivity contribution >= 4 is 54.5 Å². The Kier molecular flexibility index (Phi) is 7.06. The first kappa shape index (κ1) is 29.5. The van der Waals surface area contributed by atoms with E-state index in [9.17, 15) is 0 Å². The lowest BCUT2D eigenvalue weighted by atomic mass is 9.85. The zero-order valence-electron chi connectivity index (χ0n) is 28.2. The average molecular weight is 654 g/mol. The lowest BCUT2D eigenvalue weighted by Crippen LogP contribution is -2.03. The fraction of sp³-hybridized carbons (Fsp3) is 0.0612. The zero-order chi connectivity index (χ0) is 33.7. The van der Waals surface area contributed by atoms with Crippen LogP contribution in [0, 0.1) is 0 Å². The first-order valence-electron chi connectivity index (χ1n) is 17.8. The highest BCUT2D eigenvalue weighted by Gasteiger charge is 2.19. The average Bonchev–Trinajstić information content (AvgIpc) is 3.73. The molecule has 0 aliphatic rings. The maximum absolute atomic E-state index is 6.23. The summed E-state index contributed by atoms with van der Waals surface area (Å²) in [5, 5.41) is 7.46. The maximum atomic E-state index is 6.23. The second-order valence-electron chi connectivity index (χ2n) is 13.7. The van der Waals surface area contributed by atoms with Crippen molar-refractivity contribution in [2.45, 2.75) is 18.8 Å². The van der Waals surface area contributed by atoms with Crippen LogP contribution in [0.25, 0.3) is 71.3 Å². The van der Waals surface area contributed by atoms with Gasteiger partial charge in [-0.25, -0.2) is 0 Å². The molecular formula is C49H35NO. The molecule has 0 fully saturated rings. The minimum atomic E-state index is 0.218. The van der Waals surface area contributed by atoms with Crippen molar-refractivity contribution in [3.05, 3.63) is 199 Å². The Morgan fingerprint density at radius 3 is 2.00 bits per heavy atom. The number of rotatable bonds is 7. The predicted molar refractivity (Wildman–Crippen MR) is 214 cm³/mol. The number of fused-ring (bicyclic) bond motifs is 7. The molecule has 0 aliphatic heterocycles. The van der Waals surface area contributed by atoms with Crippen LogP contribution in [0.3, 0.4) is 0 Å². The molecule has 0 radical (unpaired) electrons. The van der Waals surface area contributed by atoms with Crippen molar-refractivity contribution in [2.75, 3.05) is 0 Å². The van der Waals surface area contributed by atoms with Gasteiger partial charge in [0.1, 0.15) is 11.2 Å². The standard InChI is InChI=1S/C49H35NO/c1-2-12-40(13-3-1)50-46-16-8-6-14-42(46)44-30-33(19-28-47(44)50)18-27-41(39-26-29-49-45(32-39)43-15-7-9-17-48(43)51-49)36-23-20-35(21-24-36)38-25-22-34-10-4-5-11-37(34)31-38/h1-17,19-26,28-32,41H,18,27H2. The maximum Gasteiger partial charge on any atom is 0.135 e. The van der Waals surface area contributed by atoms with E-state index in [1.54, 1.807) is 0 Å². The van der Waals surface area contributed by atoms with Crippen LogP contribution in [0.4, 0.5) is 0 Å². The van der Waals surface area contributed by atoms with Gasteiger partial charge in [0, 0.05) is 33.2 Å². The van der Waals surface area contributed by atoms with Gasteiger partial charge in [-0.1, -0.05) is 127 Å². The van der Waals surface area contributed by atoms with Gasteiger partial charge in [-0.15, -0.1) is 0 Å². The molecule has 51 heavy (non-hydrogen) atoms. The third-order valence-electron chi connectivity index (χ3n) is 10.7. The second kappa shape index (κ2) is 12.2. The molecule has 1 atom stereocenters. The van der Waals surface area contributed by atoms with E-state index in [-0.39, 0.29) is 5.92 Å². The van der Waals surface area contributed by atoms with Gasteiger partial charge in [0.15, 0.2) is 0 Å². The van der Waals surface area contributed by atoms with E-state index >= 15 is 0 Å². The number of furan rings is 1. The lowest BCUT2D eigenvalue weighted by molar-refractivity contribution is 0.668. The van der Waals surface area contributed by atoms with Crippen LogP contribution < -0.4 is 0 Å². The Bertz CT molecular complexity index is 2860. The van der Waals surface area contributed by atoms with E-state index in [1.165, 1.54) is 76.9 Å². The van der Waals surface area contributed by atoms with Gasteiger partial charge >= 0.3 is 0 Å². The molecule has 10 aromatic rings. The van der Waals surface area contributed by atoms with Crippen LogP contribution >= 0.6 is 0 Å². The topological polar surface area (TPSA) is 18.1 Å². The summed E-state index contributed by atoms with van der Waals surface area (Å²) in [6, 6.07) is 66.3. The molecule has 2 heteroatoms. The minimum Gasteiger partial charge on any atom is -0.456 e. The van der Waals surface area contributed by atoms with Gasteiger partial charge in [0.05, 0.1) is 11.0 Å². The van der Waals surface area contributed by atoms with Crippen LogP contribution in [-0.2, 0) is 6.42 Å². The molecule has 0 saturated heterocycles. The lowest BCUT2D eigenvalue weighted by Gasteiger charge is -2.19. The second-order valence-corrected chi connectivity index (χ2v) is 13.7. The van der Waals surface area contributed by atoms with Crippen molar-refractivity contribution in [3.8, 4) is 16.8 Å². The number of nitrogens with zero attached hydrogens (tertiary/aromatic N) is 1. The fourth-order valence-corrected chi connectivity index (χ4v) is 8.10. The van der Waals surface area contributed by atoms with Gasteiger partial charge < -0.3 is 8.98 Å². The SMILES string of the molecule is c1ccc(-n2c3ccccc3c3cc(CCC(c4ccc(-c5ccc6ccccc6c5)cc4)c4ccc5oc6ccccc6c5c4)ccc32)cc1. The van der Waals surface area contributed by atoms with Crippen LogP contribution in [0.5, 0.6) is 0 Å². The molecule has 10 rings (SSSR count). The number of para-hydroxylation sites is 3. The van der Waals surface area contributed by atoms with E-state index in [0.717, 1.165) is 24.0 Å². The summed E-state index contributed by atoms with van der Waals surface area (Å²) in [4.78, 5) is 0.